The number of hydrogen-bond acceptors (Lipinski definition) is 12. The first-order valence-corrected chi connectivity index (χ1v) is 17.4. The predicted octanol–water partition coefficient (Wildman–Crippen LogP) is 2.68. The van der Waals surface area contributed by atoms with Crippen LogP contribution in [0.1, 0.15) is 30.9 Å². The van der Waals surface area contributed by atoms with Crippen molar-refractivity contribution in [2.24, 2.45) is 0 Å². The van der Waals surface area contributed by atoms with Gasteiger partial charge in [0.2, 0.25) is 11.9 Å². The summed E-state index contributed by atoms with van der Waals surface area (Å²) in [7, 11) is 0. The van der Waals surface area contributed by atoms with E-state index in [4.69, 9.17) is 15.2 Å². The molecule has 15 nitrogen and oxygen atoms in total. The summed E-state index contributed by atoms with van der Waals surface area (Å²) in [5.74, 6) is -2.55. The fourth-order valence-electron chi connectivity index (χ4n) is 6.42. The second-order valence-corrected chi connectivity index (χ2v) is 12.9. The number of nitrogen functional groups attached to an aromatic ring is 1. The van der Waals surface area contributed by atoms with Gasteiger partial charge in [0.25, 0.3) is 0 Å². The number of piperidine rings is 1. The fourth-order valence-corrected chi connectivity index (χ4v) is 6.42. The van der Waals surface area contributed by atoms with Crippen molar-refractivity contribution in [1.82, 2.24) is 44.5 Å². The fraction of sp³-hybridized carbons (Fsp3) is 0.389. The molecule has 3 aromatic heterocycles. The Morgan fingerprint density at radius 1 is 1.00 bits per heavy atom. The van der Waals surface area contributed by atoms with Crippen molar-refractivity contribution < 1.29 is 37.7 Å². The van der Waals surface area contributed by atoms with E-state index in [1.54, 1.807) is 30.7 Å². The first-order valence-electron chi connectivity index (χ1n) is 17.4. The van der Waals surface area contributed by atoms with Crippen molar-refractivity contribution in [2.75, 3.05) is 51.8 Å². The molecule has 5 aromatic rings. The first-order chi connectivity index (χ1) is 26.1. The third-order valence-electron chi connectivity index (χ3n) is 9.17. The minimum absolute atomic E-state index is 0.0681. The van der Waals surface area contributed by atoms with Gasteiger partial charge in [-0.3, -0.25) is 9.69 Å². The summed E-state index contributed by atoms with van der Waals surface area (Å²) in [5.41, 5.74) is 6.50. The molecule has 4 heterocycles. The molecule has 1 aliphatic heterocycles. The standard InChI is InChI=1S/C36H41F3N10O5/c37-25-3-1-24(2-4-25)33-34(30-7-11-42-35(40)46-30)49(23-44-33)27-8-12-47(13-9-27)32(51)10-14-53-15-16-54-18-31(50)43-19-36(52,20-48-22-41-21-45-48)28-6-5-26(38)17-29(28)39/h1-7,11,17,21-23,27,32,51-52H,8-10,12-16,18-20H2,(H,43,50)(H2,40,42,46). The van der Waals surface area contributed by atoms with Crippen molar-refractivity contribution in [3.8, 4) is 22.6 Å². The lowest BCUT2D eigenvalue weighted by Crippen LogP contribution is -2.45. The normalized spacial score (nSPS) is 15.6. The molecule has 0 spiro atoms. The van der Waals surface area contributed by atoms with E-state index in [0.29, 0.717) is 37.0 Å². The number of nitrogens with two attached hydrogens (primary N) is 1. The zero-order chi connectivity index (χ0) is 38.1. The van der Waals surface area contributed by atoms with E-state index in [2.05, 4.69) is 34.9 Å². The molecule has 1 aliphatic rings. The Morgan fingerprint density at radius 3 is 2.48 bits per heavy atom. The van der Waals surface area contributed by atoms with E-state index in [0.717, 1.165) is 36.2 Å². The summed E-state index contributed by atoms with van der Waals surface area (Å²) in [6, 6.07) is 10.7. The Labute approximate surface area is 308 Å². The molecular weight excluding hydrogens is 709 g/mol. The summed E-state index contributed by atoms with van der Waals surface area (Å²) < 4.78 is 56.1. The van der Waals surface area contributed by atoms with Crippen molar-refractivity contribution >= 4 is 11.9 Å². The Bertz CT molecular complexity index is 1980. The van der Waals surface area contributed by atoms with Crippen LogP contribution in [0, 0.1) is 17.5 Å². The van der Waals surface area contributed by atoms with Gasteiger partial charge in [0, 0.05) is 48.9 Å². The Morgan fingerprint density at radius 2 is 1.76 bits per heavy atom. The minimum Gasteiger partial charge on any atom is -0.381 e. The monoisotopic (exact) mass is 750 g/mol. The number of carbonyl (C=O) groups excluding carboxylic acids is 1. The van der Waals surface area contributed by atoms with E-state index < -0.39 is 35.9 Å². The van der Waals surface area contributed by atoms with Crippen LogP contribution < -0.4 is 11.1 Å². The molecule has 18 heteroatoms. The third kappa shape index (κ3) is 9.63. The average molecular weight is 751 g/mol. The molecule has 0 aliphatic carbocycles. The zero-order valence-electron chi connectivity index (χ0n) is 29.3. The number of halogens is 3. The number of nitrogens with zero attached hydrogens (tertiary/aromatic N) is 8. The number of likely N-dealkylation sites (tertiary alicyclic amines) is 1. The molecule has 0 bridgehead atoms. The highest BCUT2D eigenvalue weighted by atomic mass is 19.1. The van der Waals surface area contributed by atoms with Gasteiger partial charge in [-0.2, -0.15) is 5.10 Å². The number of carbonyl (C=O) groups is 1. The van der Waals surface area contributed by atoms with Crippen LogP contribution in [0.4, 0.5) is 19.1 Å². The molecule has 2 atom stereocenters. The van der Waals surface area contributed by atoms with Crippen LogP contribution >= 0.6 is 0 Å². The van der Waals surface area contributed by atoms with E-state index in [1.165, 1.54) is 29.5 Å². The minimum atomic E-state index is -1.95. The van der Waals surface area contributed by atoms with Gasteiger partial charge in [-0.25, -0.2) is 37.8 Å². The Hall–Kier alpha value is -5.27. The molecule has 0 saturated carbocycles. The van der Waals surface area contributed by atoms with E-state index in [9.17, 15) is 28.2 Å². The maximum absolute atomic E-state index is 14.6. The molecule has 5 N–H and O–H groups in total. The van der Waals surface area contributed by atoms with E-state index >= 15 is 0 Å². The molecule has 1 amide bonds. The van der Waals surface area contributed by atoms with E-state index in [-0.39, 0.29) is 56.3 Å². The highest BCUT2D eigenvalue weighted by Crippen LogP contribution is 2.36. The lowest BCUT2D eigenvalue weighted by molar-refractivity contribution is -0.127. The summed E-state index contributed by atoms with van der Waals surface area (Å²) in [6.45, 7) is 0.781. The number of hydrogen-bond donors (Lipinski definition) is 4. The molecule has 6 rings (SSSR count). The Kier molecular flexibility index (Phi) is 12.6. The van der Waals surface area contributed by atoms with Crippen LogP contribution in [0.15, 0.2) is 73.7 Å². The van der Waals surface area contributed by atoms with Gasteiger partial charge in [0.1, 0.15) is 48.5 Å². The van der Waals surface area contributed by atoms with Crippen LogP contribution in [0.25, 0.3) is 22.6 Å². The highest BCUT2D eigenvalue weighted by Gasteiger charge is 2.34. The second kappa shape index (κ2) is 17.7. The molecule has 1 fully saturated rings. The summed E-state index contributed by atoms with van der Waals surface area (Å²) in [4.78, 5) is 31.4. The summed E-state index contributed by atoms with van der Waals surface area (Å²) in [5, 5.41) is 28.6. The Balaban J connectivity index is 0.918. The van der Waals surface area contributed by atoms with Gasteiger partial charge in [-0.05, 0) is 49.2 Å². The van der Waals surface area contributed by atoms with Crippen molar-refractivity contribution in [1.29, 1.82) is 0 Å². The van der Waals surface area contributed by atoms with Gasteiger partial charge in [-0.1, -0.05) is 6.07 Å². The van der Waals surface area contributed by atoms with E-state index in [1.807, 2.05) is 4.90 Å². The van der Waals surface area contributed by atoms with Gasteiger partial charge >= 0.3 is 0 Å². The van der Waals surface area contributed by atoms with Crippen molar-refractivity contribution in [2.45, 2.75) is 43.7 Å². The third-order valence-corrected chi connectivity index (χ3v) is 9.17. The SMILES string of the molecule is Nc1nccc(-c2c(-c3ccc(F)cc3)ncn2C2CCN(C(O)CCOCCOCC(=O)NCC(O)(Cn3cncn3)c3ccc(F)cc3F)CC2)n1. The van der Waals surface area contributed by atoms with Crippen LogP contribution in [-0.4, -0.2) is 108 Å². The predicted molar refractivity (Wildman–Crippen MR) is 188 cm³/mol. The average Bonchev–Trinajstić information content (AvgIpc) is 3.84. The second-order valence-electron chi connectivity index (χ2n) is 12.9. The van der Waals surface area contributed by atoms with Crippen molar-refractivity contribution in [3.63, 3.8) is 0 Å². The van der Waals surface area contributed by atoms with Crippen molar-refractivity contribution in [3.05, 3.63) is 96.7 Å². The molecule has 2 unspecified atom stereocenters. The summed E-state index contributed by atoms with van der Waals surface area (Å²) in [6.07, 6.45) is 7.02. The largest absolute Gasteiger partial charge is 0.381 e. The van der Waals surface area contributed by atoms with Crippen LogP contribution in [0.5, 0.6) is 0 Å². The molecule has 286 valence electrons. The highest BCUT2D eigenvalue weighted by molar-refractivity contribution is 5.77. The van der Waals surface area contributed by atoms with Gasteiger partial charge in [-0.15, -0.1) is 0 Å². The van der Waals surface area contributed by atoms with Gasteiger partial charge in [0.05, 0.1) is 56.3 Å². The molecule has 2 aromatic carbocycles. The molecule has 0 radical (unpaired) electrons. The van der Waals surface area contributed by atoms with Crippen LogP contribution in [0.2, 0.25) is 0 Å². The molecular formula is C36H41F3N10O5. The number of aliphatic hydroxyl groups excluding tert-OH is 1. The quantitative estimate of drug-likeness (QED) is 0.102. The lowest BCUT2D eigenvalue weighted by atomic mass is 9.93. The topological polar surface area (TPSA) is 192 Å². The number of benzene rings is 2. The first kappa shape index (κ1) is 38.5. The smallest absolute Gasteiger partial charge is 0.246 e. The number of aliphatic hydroxyl groups is 2. The maximum atomic E-state index is 14.6. The lowest BCUT2D eigenvalue weighted by Gasteiger charge is -2.36. The number of nitrogens with one attached hydrogen (secondary N) is 1. The zero-order valence-corrected chi connectivity index (χ0v) is 29.3. The number of anilines is 1. The molecule has 1 saturated heterocycles. The van der Waals surface area contributed by atoms with Gasteiger partial charge in [0.15, 0.2) is 0 Å². The number of imidazole rings is 1. The number of amides is 1. The van der Waals surface area contributed by atoms with Crippen LogP contribution in [-0.2, 0) is 26.4 Å². The number of aromatic nitrogens is 7. The maximum Gasteiger partial charge on any atom is 0.246 e. The van der Waals surface area contributed by atoms with Gasteiger partial charge < -0.3 is 35.3 Å². The number of rotatable bonds is 17. The number of ether oxygens (including phenoxy) is 2. The van der Waals surface area contributed by atoms with Crippen LogP contribution in [0.3, 0.4) is 0 Å². The summed E-state index contributed by atoms with van der Waals surface area (Å²) >= 11 is 0. The molecule has 54 heavy (non-hydrogen) atoms.